The molecule has 44 heavy (non-hydrogen) atoms. The average Bonchev–Trinajstić information content (AvgIpc) is 3.87. The molecule has 1 saturated carbocycles. The molecular weight excluding hydrogens is 597 g/mol. The van der Waals surface area contributed by atoms with E-state index in [0.29, 0.717) is 36.8 Å². The van der Waals surface area contributed by atoms with Crippen molar-refractivity contribution in [3.63, 3.8) is 0 Å². The molecule has 7 nitrogen and oxygen atoms in total. The van der Waals surface area contributed by atoms with Gasteiger partial charge in [0.15, 0.2) is 0 Å². The second-order valence-corrected chi connectivity index (χ2v) is 11.0. The first-order valence-electron chi connectivity index (χ1n) is 14.3. The van der Waals surface area contributed by atoms with Crippen LogP contribution in [0.2, 0.25) is 5.02 Å². The number of alkyl halides is 3. The lowest BCUT2D eigenvalue weighted by Crippen LogP contribution is -2.39. The van der Waals surface area contributed by atoms with Gasteiger partial charge in [0.1, 0.15) is 36.2 Å². The number of carbonyl (C=O) groups is 1. The summed E-state index contributed by atoms with van der Waals surface area (Å²) in [6.45, 7) is 1.98. The number of hydrogen-bond donors (Lipinski definition) is 1. The zero-order valence-corrected chi connectivity index (χ0v) is 25.3. The fourth-order valence-corrected chi connectivity index (χ4v) is 5.38. The fraction of sp³-hybridized carbons (Fsp3) is 0.364. The first kappa shape index (κ1) is 31.5. The van der Waals surface area contributed by atoms with E-state index in [0.717, 1.165) is 53.8 Å². The molecule has 1 aliphatic heterocycles. The number of nitrogens with zero attached hydrogens (tertiary/aromatic N) is 1. The largest absolute Gasteiger partial charge is 0.497 e. The summed E-state index contributed by atoms with van der Waals surface area (Å²) >= 11 is 5.95. The summed E-state index contributed by atoms with van der Waals surface area (Å²) in [6.07, 6.45) is -1.81. The Hall–Kier alpha value is -3.89. The van der Waals surface area contributed by atoms with E-state index in [1.807, 2.05) is 47.4 Å². The van der Waals surface area contributed by atoms with Gasteiger partial charge in [-0.05, 0) is 85.0 Å². The molecule has 0 radical (unpaired) electrons. The molecule has 0 atom stereocenters. The van der Waals surface area contributed by atoms with Gasteiger partial charge in [0.05, 0.1) is 24.8 Å². The lowest BCUT2D eigenvalue weighted by Gasteiger charge is -2.28. The van der Waals surface area contributed by atoms with Gasteiger partial charge in [-0.1, -0.05) is 23.7 Å². The first-order valence-corrected chi connectivity index (χ1v) is 14.7. The highest BCUT2D eigenvalue weighted by Crippen LogP contribution is 2.36. The van der Waals surface area contributed by atoms with Crippen molar-refractivity contribution in [3.8, 4) is 23.0 Å². The molecule has 11 heteroatoms. The molecule has 1 fully saturated rings. The van der Waals surface area contributed by atoms with Crippen molar-refractivity contribution in [2.24, 2.45) is 0 Å². The smallest absolute Gasteiger partial charge is 0.416 e. The van der Waals surface area contributed by atoms with E-state index in [1.165, 1.54) is 6.07 Å². The third kappa shape index (κ3) is 7.78. The molecule has 3 aromatic carbocycles. The lowest BCUT2D eigenvalue weighted by molar-refractivity contribution is -0.137. The first-order chi connectivity index (χ1) is 21.2. The van der Waals surface area contributed by atoms with Gasteiger partial charge in [0.2, 0.25) is 0 Å². The van der Waals surface area contributed by atoms with Crippen LogP contribution >= 0.6 is 11.6 Å². The number of amides is 1. The number of rotatable bonds is 12. The number of ether oxygens (including phenoxy) is 4. The maximum Gasteiger partial charge on any atom is 0.416 e. The monoisotopic (exact) mass is 630 g/mol. The number of methoxy groups -OCH3 is 2. The molecule has 0 aromatic heterocycles. The summed E-state index contributed by atoms with van der Waals surface area (Å²) in [7, 11) is 3.22. The number of carbonyl (C=O) groups excluding carboxylic acids is 1. The normalized spacial score (nSPS) is 15.1. The quantitative estimate of drug-likeness (QED) is 0.223. The molecule has 3 aromatic rings. The van der Waals surface area contributed by atoms with Crippen LogP contribution in [0.15, 0.2) is 66.2 Å². The van der Waals surface area contributed by atoms with Crippen LogP contribution in [0.1, 0.15) is 36.0 Å². The van der Waals surface area contributed by atoms with Crippen molar-refractivity contribution in [3.05, 3.63) is 87.9 Å². The van der Waals surface area contributed by atoms with Crippen LogP contribution in [0.3, 0.4) is 0 Å². The van der Waals surface area contributed by atoms with E-state index in [9.17, 15) is 18.0 Å². The summed E-state index contributed by atoms with van der Waals surface area (Å²) in [5.41, 5.74) is 2.83. The minimum absolute atomic E-state index is 0.0240. The summed E-state index contributed by atoms with van der Waals surface area (Å²) in [4.78, 5) is 15.9. The Kier molecular flexibility index (Phi) is 9.90. The van der Waals surface area contributed by atoms with E-state index in [1.54, 1.807) is 14.2 Å². The Balaban J connectivity index is 1.24. The molecule has 0 saturated heterocycles. The lowest BCUT2D eigenvalue weighted by atomic mass is 9.93. The van der Waals surface area contributed by atoms with Gasteiger partial charge in [-0.3, -0.25) is 4.79 Å². The van der Waals surface area contributed by atoms with Crippen molar-refractivity contribution < 1.29 is 36.9 Å². The zero-order chi connectivity index (χ0) is 31.3. The molecular formula is C33H34ClF3N2O5. The van der Waals surface area contributed by atoms with E-state index >= 15 is 0 Å². The summed E-state index contributed by atoms with van der Waals surface area (Å²) in [6, 6.07) is 16.4. The average molecular weight is 631 g/mol. The van der Waals surface area contributed by atoms with Crippen molar-refractivity contribution >= 4 is 23.1 Å². The summed E-state index contributed by atoms with van der Waals surface area (Å²) in [5.74, 6) is 2.14. The molecule has 0 unspecified atom stereocenters. The van der Waals surface area contributed by atoms with Gasteiger partial charge >= 0.3 is 6.18 Å². The molecule has 0 bridgehead atoms. The number of halogens is 4. The highest BCUT2D eigenvalue weighted by atomic mass is 35.5. The highest BCUT2D eigenvalue weighted by molar-refractivity contribution is 6.32. The Morgan fingerprint density at radius 2 is 1.61 bits per heavy atom. The Morgan fingerprint density at radius 3 is 2.23 bits per heavy atom. The molecule has 5 rings (SSSR count). The number of benzene rings is 3. The Morgan fingerprint density at radius 1 is 0.932 bits per heavy atom. The van der Waals surface area contributed by atoms with Crippen LogP contribution in [0, 0.1) is 0 Å². The maximum atomic E-state index is 14.0. The van der Waals surface area contributed by atoms with Crippen LogP contribution < -0.4 is 24.3 Å². The zero-order valence-electron chi connectivity index (χ0n) is 24.5. The van der Waals surface area contributed by atoms with E-state index < -0.39 is 11.7 Å². The number of nitrogens with one attached hydrogen (secondary N) is 1. The second-order valence-electron chi connectivity index (χ2n) is 10.6. The van der Waals surface area contributed by atoms with Crippen LogP contribution in [-0.4, -0.2) is 57.4 Å². The Bertz CT molecular complexity index is 1480. The fourth-order valence-electron chi connectivity index (χ4n) is 5.15. The molecule has 1 aliphatic carbocycles. The van der Waals surface area contributed by atoms with Crippen molar-refractivity contribution in [2.45, 2.75) is 38.0 Å². The van der Waals surface area contributed by atoms with Gasteiger partial charge in [-0.2, -0.15) is 13.2 Å². The van der Waals surface area contributed by atoms with Crippen molar-refractivity contribution in [1.29, 1.82) is 0 Å². The minimum atomic E-state index is -4.47. The maximum absolute atomic E-state index is 14.0. The SMILES string of the molecule is COc1cc(CN(C(=O)C2=C(c3ccc(OCCOc4ccc(C(F)(F)F)cc4Cl)cc3)CCNC2)C2CC2)cc(OC)c1. The van der Waals surface area contributed by atoms with Crippen LogP contribution in [0.5, 0.6) is 23.0 Å². The van der Waals surface area contributed by atoms with Gasteiger partial charge in [0, 0.05) is 30.8 Å². The van der Waals surface area contributed by atoms with Gasteiger partial charge < -0.3 is 29.2 Å². The van der Waals surface area contributed by atoms with Crippen LogP contribution in [-0.2, 0) is 17.5 Å². The van der Waals surface area contributed by atoms with Crippen molar-refractivity contribution in [2.75, 3.05) is 40.5 Å². The standard InChI is InChI=1S/C33H34ClF3N2O5/c1-41-26-15-21(16-27(18-26)42-2)20-39(24-6-7-24)32(40)29-19-38-12-11-28(29)22-3-8-25(9-4-22)43-13-14-44-31-10-5-23(17-30(31)34)33(35,36)37/h3-5,8-10,15-18,24,38H,6-7,11-14,19-20H2,1-2H3. The summed E-state index contributed by atoms with van der Waals surface area (Å²) in [5, 5.41) is 3.24. The van der Waals surface area contributed by atoms with E-state index in [-0.39, 0.29) is 35.9 Å². The Labute approximate surface area is 259 Å². The molecule has 2 aliphatic rings. The molecule has 0 spiro atoms. The topological polar surface area (TPSA) is 69.3 Å². The van der Waals surface area contributed by atoms with Gasteiger partial charge in [-0.15, -0.1) is 0 Å². The predicted molar refractivity (Wildman–Crippen MR) is 161 cm³/mol. The third-order valence-electron chi connectivity index (χ3n) is 7.56. The molecule has 1 amide bonds. The van der Waals surface area contributed by atoms with Crippen LogP contribution in [0.4, 0.5) is 13.2 Å². The highest BCUT2D eigenvalue weighted by Gasteiger charge is 2.35. The van der Waals surface area contributed by atoms with Crippen molar-refractivity contribution in [1.82, 2.24) is 10.2 Å². The molecule has 1 heterocycles. The summed E-state index contributed by atoms with van der Waals surface area (Å²) < 4.78 is 60.7. The van der Waals surface area contributed by atoms with E-state index in [4.69, 9.17) is 30.5 Å². The second kappa shape index (κ2) is 13.8. The van der Waals surface area contributed by atoms with Gasteiger partial charge in [-0.25, -0.2) is 0 Å². The van der Waals surface area contributed by atoms with Gasteiger partial charge in [0.25, 0.3) is 5.91 Å². The number of hydrogen-bond acceptors (Lipinski definition) is 6. The minimum Gasteiger partial charge on any atom is -0.497 e. The van der Waals surface area contributed by atoms with E-state index in [2.05, 4.69) is 5.32 Å². The predicted octanol–water partition coefficient (Wildman–Crippen LogP) is 6.77. The molecule has 1 N–H and O–H groups in total. The molecule has 234 valence electrons. The van der Waals surface area contributed by atoms with Crippen LogP contribution in [0.25, 0.3) is 5.57 Å². The third-order valence-corrected chi connectivity index (χ3v) is 7.86.